The van der Waals surface area contributed by atoms with Crippen LogP contribution in [-0.2, 0) is 23.6 Å². The molecule has 1 aliphatic heterocycles. The van der Waals surface area contributed by atoms with Crippen molar-refractivity contribution in [2.45, 2.75) is 37.2 Å². The molecule has 1 N–H and O–H groups in total. The maximum Gasteiger partial charge on any atom is 0.256 e. The summed E-state index contributed by atoms with van der Waals surface area (Å²) in [6.07, 6.45) is 9.59. The Morgan fingerprint density at radius 2 is 1.89 bits per heavy atom. The average molecular weight is 505 g/mol. The third kappa shape index (κ3) is 3.55. The fourth-order valence-electron chi connectivity index (χ4n) is 5.13. The van der Waals surface area contributed by atoms with E-state index in [1.807, 2.05) is 36.5 Å². The zero-order chi connectivity index (χ0) is 25.4. The Bertz CT molecular complexity index is 1630. The molecule has 10 heteroatoms. The van der Waals surface area contributed by atoms with Crippen molar-refractivity contribution in [3.8, 4) is 22.3 Å². The highest BCUT2D eigenvalue weighted by Crippen LogP contribution is 2.41. The van der Waals surface area contributed by atoms with Crippen molar-refractivity contribution in [1.82, 2.24) is 29.0 Å². The van der Waals surface area contributed by atoms with E-state index < -0.39 is 10.0 Å². The SMILES string of the molecule is C[C@@H](C1CC1)N1Cc2cc(-c3cnc4[nH]cc(-c5cnn(C)c5)c4c3)cc(S(=O)(=O)N(C)C)c2C1=O. The Morgan fingerprint density at radius 1 is 1.11 bits per heavy atom. The second kappa shape index (κ2) is 8.01. The number of benzene rings is 1. The molecule has 0 bridgehead atoms. The molecule has 3 aromatic heterocycles. The third-order valence-corrected chi connectivity index (χ3v) is 9.27. The number of nitrogens with one attached hydrogen (secondary N) is 1. The number of aromatic amines is 1. The summed E-state index contributed by atoms with van der Waals surface area (Å²) in [6.45, 7) is 2.47. The fraction of sp³-hybridized carbons (Fsp3) is 0.346. The van der Waals surface area contributed by atoms with Gasteiger partial charge < -0.3 is 9.88 Å². The number of fused-ring (bicyclic) bond motifs is 2. The average Bonchev–Trinajstić information content (AvgIpc) is 3.34. The first-order valence-corrected chi connectivity index (χ1v) is 13.5. The number of carbonyl (C=O) groups is 1. The van der Waals surface area contributed by atoms with E-state index in [1.165, 1.54) is 18.4 Å². The zero-order valence-electron chi connectivity index (χ0n) is 20.7. The van der Waals surface area contributed by atoms with Crippen LogP contribution in [0, 0.1) is 5.92 Å². The molecule has 1 amide bonds. The Kier molecular flexibility index (Phi) is 5.10. The molecule has 0 saturated heterocycles. The predicted molar refractivity (Wildman–Crippen MR) is 137 cm³/mol. The van der Waals surface area contributed by atoms with Gasteiger partial charge in [0.2, 0.25) is 10.0 Å². The van der Waals surface area contributed by atoms with Gasteiger partial charge in [0.05, 0.1) is 16.7 Å². The van der Waals surface area contributed by atoms with E-state index in [0.29, 0.717) is 18.0 Å². The molecule has 0 radical (unpaired) electrons. The lowest BCUT2D eigenvalue weighted by molar-refractivity contribution is 0.0694. The second-order valence-corrected chi connectivity index (χ2v) is 12.2. The second-order valence-electron chi connectivity index (χ2n) is 10.0. The van der Waals surface area contributed by atoms with Crippen LogP contribution in [0.2, 0.25) is 0 Å². The smallest absolute Gasteiger partial charge is 0.256 e. The first kappa shape index (κ1) is 22.9. The molecule has 9 nitrogen and oxygen atoms in total. The molecule has 2 aliphatic rings. The number of hydrogen-bond acceptors (Lipinski definition) is 5. The standard InChI is InChI=1S/C26H28N6O3S/c1-15(16-5-6-16)32-14-19-7-17(9-23(24(19)26(32)33)36(34,35)30(2)3)18-8-21-22(12-28-25(21)27-10-18)20-11-29-31(4)13-20/h7-13,15-16H,5-6,14H2,1-4H3,(H,27,28)/t15-/m0/s1. The zero-order valence-corrected chi connectivity index (χ0v) is 21.5. The molecule has 0 spiro atoms. The molecule has 6 rings (SSSR count). The van der Waals surface area contributed by atoms with Gasteiger partial charge in [-0.25, -0.2) is 17.7 Å². The van der Waals surface area contributed by atoms with Gasteiger partial charge in [-0.2, -0.15) is 5.10 Å². The minimum absolute atomic E-state index is 0.0529. The summed E-state index contributed by atoms with van der Waals surface area (Å²) in [5, 5.41) is 5.19. The quantitative estimate of drug-likeness (QED) is 0.432. The van der Waals surface area contributed by atoms with Gasteiger partial charge in [-0.3, -0.25) is 9.48 Å². The van der Waals surface area contributed by atoms with Crippen molar-refractivity contribution in [2.24, 2.45) is 13.0 Å². The first-order chi connectivity index (χ1) is 17.1. The molecule has 1 aliphatic carbocycles. The number of sulfonamides is 1. The highest BCUT2D eigenvalue weighted by atomic mass is 32.2. The van der Waals surface area contributed by atoms with E-state index in [2.05, 4.69) is 22.0 Å². The van der Waals surface area contributed by atoms with Crippen molar-refractivity contribution in [3.63, 3.8) is 0 Å². The number of carbonyl (C=O) groups excluding carboxylic acids is 1. The third-order valence-electron chi connectivity index (χ3n) is 7.43. The van der Waals surface area contributed by atoms with Crippen molar-refractivity contribution >= 4 is 27.0 Å². The van der Waals surface area contributed by atoms with Crippen molar-refractivity contribution < 1.29 is 13.2 Å². The summed E-state index contributed by atoms with van der Waals surface area (Å²) in [5.74, 6) is 0.289. The number of pyridine rings is 1. The lowest BCUT2D eigenvalue weighted by atomic mass is 10.00. The lowest BCUT2D eigenvalue weighted by Crippen LogP contribution is -2.35. The number of hydrogen-bond donors (Lipinski definition) is 1. The highest BCUT2D eigenvalue weighted by Gasteiger charge is 2.41. The Hall–Kier alpha value is -3.50. The molecule has 36 heavy (non-hydrogen) atoms. The molecular formula is C26H28N6O3S. The maximum absolute atomic E-state index is 13.5. The van der Waals surface area contributed by atoms with Crippen molar-refractivity contribution in [2.75, 3.05) is 14.1 Å². The normalized spacial score (nSPS) is 16.8. The lowest BCUT2D eigenvalue weighted by Gasteiger charge is -2.24. The van der Waals surface area contributed by atoms with Crippen LogP contribution in [0.25, 0.3) is 33.3 Å². The number of aryl methyl sites for hydroxylation is 1. The summed E-state index contributed by atoms with van der Waals surface area (Å²) in [5.41, 5.74) is 5.21. The summed E-state index contributed by atoms with van der Waals surface area (Å²) in [7, 11) is 1.00. The van der Waals surface area contributed by atoms with Gasteiger partial charge in [0.15, 0.2) is 0 Å². The Labute approximate surface area is 209 Å². The summed E-state index contributed by atoms with van der Waals surface area (Å²) in [4.78, 5) is 23.2. The molecule has 1 aromatic carbocycles. The molecule has 0 unspecified atom stereocenters. The predicted octanol–water partition coefficient (Wildman–Crippen LogP) is 3.64. The van der Waals surface area contributed by atoms with Crippen LogP contribution < -0.4 is 0 Å². The van der Waals surface area contributed by atoms with Crippen LogP contribution >= 0.6 is 0 Å². The monoisotopic (exact) mass is 504 g/mol. The Balaban J connectivity index is 1.51. The largest absolute Gasteiger partial charge is 0.346 e. The summed E-state index contributed by atoms with van der Waals surface area (Å²) in [6, 6.07) is 5.66. The summed E-state index contributed by atoms with van der Waals surface area (Å²) >= 11 is 0. The van der Waals surface area contributed by atoms with Crippen LogP contribution in [0.3, 0.4) is 0 Å². The van der Waals surface area contributed by atoms with Gasteiger partial charge in [-0.15, -0.1) is 0 Å². The van der Waals surface area contributed by atoms with E-state index in [1.54, 1.807) is 23.1 Å². The van der Waals surface area contributed by atoms with Gasteiger partial charge in [0.25, 0.3) is 5.91 Å². The van der Waals surface area contributed by atoms with Crippen molar-refractivity contribution in [1.29, 1.82) is 0 Å². The first-order valence-electron chi connectivity index (χ1n) is 12.0. The molecule has 4 aromatic rings. The van der Waals surface area contributed by atoms with Crippen molar-refractivity contribution in [3.05, 3.63) is 54.1 Å². The van der Waals surface area contributed by atoms with Gasteiger partial charge in [0, 0.05) is 74.4 Å². The van der Waals surface area contributed by atoms with Gasteiger partial charge in [-0.1, -0.05) is 0 Å². The molecular weight excluding hydrogens is 476 g/mol. The number of amides is 1. The van der Waals surface area contributed by atoms with Gasteiger partial charge >= 0.3 is 0 Å². The number of aromatic nitrogens is 4. The molecule has 186 valence electrons. The molecule has 1 saturated carbocycles. The van der Waals surface area contributed by atoms with Gasteiger partial charge in [0.1, 0.15) is 5.65 Å². The maximum atomic E-state index is 13.5. The number of H-pyrrole nitrogens is 1. The van der Waals surface area contributed by atoms with E-state index in [4.69, 9.17) is 0 Å². The van der Waals surface area contributed by atoms with Crippen LogP contribution in [0.4, 0.5) is 0 Å². The Morgan fingerprint density at radius 3 is 2.56 bits per heavy atom. The van der Waals surface area contributed by atoms with E-state index in [0.717, 1.165) is 51.7 Å². The minimum Gasteiger partial charge on any atom is -0.346 e. The fourth-order valence-corrected chi connectivity index (χ4v) is 6.27. The van der Waals surface area contributed by atoms with E-state index in [9.17, 15) is 13.2 Å². The van der Waals surface area contributed by atoms with Crippen LogP contribution in [-0.4, -0.2) is 63.4 Å². The van der Waals surface area contributed by atoms with E-state index in [-0.39, 0.29) is 16.8 Å². The number of rotatable bonds is 6. The molecule has 1 atom stereocenters. The number of nitrogens with zero attached hydrogens (tertiary/aromatic N) is 5. The molecule has 4 heterocycles. The van der Waals surface area contributed by atoms with Crippen LogP contribution in [0.15, 0.2) is 47.9 Å². The van der Waals surface area contributed by atoms with Crippen LogP contribution in [0.5, 0.6) is 0 Å². The topological polar surface area (TPSA) is 104 Å². The molecule has 1 fully saturated rings. The van der Waals surface area contributed by atoms with Crippen LogP contribution in [0.1, 0.15) is 35.7 Å². The van der Waals surface area contributed by atoms with Gasteiger partial charge in [-0.05, 0) is 55.0 Å². The minimum atomic E-state index is -3.85. The van der Waals surface area contributed by atoms with E-state index >= 15 is 0 Å². The summed E-state index contributed by atoms with van der Waals surface area (Å²) < 4.78 is 29.7. The highest BCUT2D eigenvalue weighted by molar-refractivity contribution is 7.89.